The molecule has 6 heteroatoms. The molecule has 0 aliphatic heterocycles. The molecule has 0 N–H and O–H groups in total. The second-order valence-electron chi connectivity index (χ2n) is 8.72. The maximum absolute atomic E-state index is 10.9. The fraction of sp³-hybridized carbons (Fsp3) is 0.500. The Morgan fingerprint density at radius 1 is 0.938 bits per heavy atom. The van der Waals surface area contributed by atoms with Gasteiger partial charge in [0.05, 0.1) is 0 Å². The van der Waals surface area contributed by atoms with Gasteiger partial charge in [0, 0.05) is 0 Å². The molecule has 2 radical (unpaired) electrons. The summed E-state index contributed by atoms with van der Waals surface area (Å²) >= 11 is 0.937. The fourth-order valence-corrected chi connectivity index (χ4v) is 11.0. The van der Waals surface area contributed by atoms with E-state index < -0.39 is 21.1 Å². The number of thiazole rings is 1. The summed E-state index contributed by atoms with van der Waals surface area (Å²) in [6, 6.07) is 13.7. The zero-order valence-corrected chi connectivity index (χ0v) is 23.2. The van der Waals surface area contributed by atoms with Crippen molar-refractivity contribution in [3.05, 3.63) is 52.6 Å². The van der Waals surface area contributed by atoms with Crippen LogP contribution in [0.15, 0.2) is 42.5 Å². The van der Waals surface area contributed by atoms with E-state index in [4.69, 9.17) is 4.98 Å². The summed E-state index contributed by atoms with van der Waals surface area (Å²) in [6.07, 6.45) is 12.1. The van der Waals surface area contributed by atoms with Gasteiger partial charge in [-0.25, -0.2) is 0 Å². The topological polar surface area (TPSA) is 56.0 Å². The molecule has 0 aliphatic rings. The molecule has 0 saturated carbocycles. The van der Waals surface area contributed by atoms with Gasteiger partial charge in [0.15, 0.2) is 0 Å². The van der Waals surface area contributed by atoms with Gasteiger partial charge >= 0.3 is 207 Å². The van der Waals surface area contributed by atoms with E-state index in [-0.39, 0.29) is 10.6 Å². The first kappa shape index (κ1) is 25.2. The molecule has 0 unspecified atom stereocenters. The number of rotatable bonds is 13. The van der Waals surface area contributed by atoms with Crippen molar-refractivity contribution in [2.75, 3.05) is 0 Å². The van der Waals surface area contributed by atoms with Crippen LogP contribution in [-0.4, -0.2) is 31.0 Å². The van der Waals surface area contributed by atoms with Crippen LogP contribution in [0.3, 0.4) is 0 Å². The molecule has 4 nitrogen and oxygen atoms in total. The van der Waals surface area contributed by atoms with E-state index in [1.165, 1.54) is 62.5 Å². The number of unbranched alkanes of at least 4 members (excludes halogenated alkanes) is 3. The van der Waals surface area contributed by atoms with Crippen molar-refractivity contribution in [2.45, 2.75) is 82.0 Å². The van der Waals surface area contributed by atoms with Gasteiger partial charge in [0.1, 0.15) is 0 Å². The van der Waals surface area contributed by atoms with Gasteiger partial charge in [0.25, 0.3) is 0 Å². The molecule has 0 aliphatic carbocycles. The Hall–Kier alpha value is -1.47. The molecule has 0 bridgehead atoms. The van der Waals surface area contributed by atoms with Crippen LogP contribution in [0.25, 0.3) is 20.8 Å². The van der Waals surface area contributed by atoms with Gasteiger partial charge in [-0.05, 0) is 0 Å². The van der Waals surface area contributed by atoms with E-state index in [1.807, 2.05) is 0 Å². The molecule has 0 fully saturated rings. The number of nitro benzene ring substituents is 1. The molecular weight excluding hydrogens is 523 g/mol. The Morgan fingerprint density at radius 2 is 1.53 bits per heavy atom. The molecule has 0 atom stereocenters. The van der Waals surface area contributed by atoms with E-state index in [0.717, 1.165) is 16.1 Å². The molecule has 2 aromatic carbocycles. The normalized spacial score (nSPS) is 11.8. The summed E-state index contributed by atoms with van der Waals surface area (Å²) in [5, 5.41) is 11.9. The van der Waals surface area contributed by atoms with Crippen LogP contribution in [0.4, 0.5) is 5.69 Å². The first-order chi connectivity index (χ1) is 15.5. The number of hydrogen-bond donors (Lipinski definition) is 0. The Labute approximate surface area is 206 Å². The van der Waals surface area contributed by atoms with Crippen molar-refractivity contribution in [2.24, 2.45) is 0 Å². The number of hydrogen-bond acceptors (Lipinski definition) is 4. The summed E-state index contributed by atoms with van der Waals surface area (Å²) in [4.78, 5) is 15.4. The third-order valence-corrected chi connectivity index (χ3v) is 12.6. The van der Waals surface area contributed by atoms with Gasteiger partial charge in [-0.3, -0.25) is 0 Å². The summed E-state index contributed by atoms with van der Waals surface area (Å²) in [6.45, 7) is 6.95. The first-order valence-corrected chi connectivity index (χ1v) is 15.6. The van der Waals surface area contributed by atoms with Crippen LogP contribution >= 0.6 is 11.3 Å². The standard InChI is InChI=1S/C13H7N2O2S.C13H27.Sn/c16-15(17)10-7-5-9(6-8-10)13-14-11-3-1-2-4-12(11)18-13;1-4-7-10-13(11-8-5-2)12-9-6-3;/h1,3-8H;4-12H2,1-3H3;. The zero-order valence-electron chi connectivity index (χ0n) is 19.5. The monoisotopic (exact) mass is 558 g/mol. The fourth-order valence-electron chi connectivity index (χ4n) is 4.27. The van der Waals surface area contributed by atoms with Crippen molar-refractivity contribution in [1.82, 2.24) is 4.98 Å². The van der Waals surface area contributed by atoms with Crippen molar-refractivity contribution in [3.63, 3.8) is 0 Å². The molecule has 0 saturated heterocycles. The van der Waals surface area contributed by atoms with E-state index in [0.29, 0.717) is 3.43 Å². The van der Waals surface area contributed by atoms with Gasteiger partial charge in [-0.1, -0.05) is 0 Å². The minimum absolute atomic E-state index is 0.118. The first-order valence-electron chi connectivity index (χ1n) is 11.9. The van der Waals surface area contributed by atoms with Gasteiger partial charge in [-0.2, -0.15) is 0 Å². The third kappa shape index (κ3) is 6.53. The predicted molar refractivity (Wildman–Crippen MR) is 138 cm³/mol. The Morgan fingerprint density at radius 3 is 2.06 bits per heavy atom. The van der Waals surface area contributed by atoms with Crippen LogP contribution < -0.4 is 3.58 Å². The van der Waals surface area contributed by atoms with Gasteiger partial charge in [0.2, 0.25) is 0 Å². The molecular formula is C26H34N2O2SSn. The summed E-state index contributed by atoms with van der Waals surface area (Å²) < 4.78 is 3.40. The SMILES string of the molecule is CCCC[C](CCCC)(CCCC)[Sn][c]1ccc2nc(-c3ccc([N+](=O)[O-])cc3)sc2c1. The minimum atomic E-state index is -0.768. The Balaban J connectivity index is 1.87. The molecule has 0 amide bonds. The van der Waals surface area contributed by atoms with Crippen molar-refractivity contribution in [3.8, 4) is 10.6 Å². The van der Waals surface area contributed by atoms with Gasteiger partial charge in [-0.15, -0.1) is 0 Å². The van der Waals surface area contributed by atoms with Crippen LogP contribution in [0.2, 0.25) is 3.43 Å². The number of nitro groups is 1. The Bertz CT molecular complexity index is 995. The Kier molecular flexibility index (Phi) is 9.53. The number of nitrogens with zero attached hydrogens (tertiary/aromatic N) is 2. The number of benzene rings is 2. The average molecular weight is 557 g/mol. The second kappa shape index (κ2) is 12.1. The van der Waals surface area contributed by atoms with Crippen molar-refractivity contribution >= 4 is 52.0 Å². The molecule has 3 aromatic rings. The molecule has 1 aromatic heterocycles. The number of non-ortho nitro benzene ring substituents is 1. The molecule has 1 heterocycles. The zero-order chi connectivity index (χ0) is 23.0. The van der Waals surface area contributed by atoms with E-state index in [9.17, 15) is 10.1 Å². The van der Waals surface area contributed by atoms with Crippen LogP contribution in [-0.2, 0) is 0 Å². The second-order valence-corrected chi connectivity index (χ2v) is 15.1. The predicted octanol–water partition coefficient (Wildman–Crippen LogP) is 7.93. The van der Waals surface area contributed by atoms with Crippen LogP contribution in [0.1, 0.15) is 78.6 Å². The van der Waals surface area contributed by atoms with E-state index in [2.05, 4.69) is 39.0 Å². The van der Waals surface area contributed by atoms with Crippen LogP contribution in [0.5, 0.6) is 0 Å². The number of fused-ring (bicyclic) bond motifs is 1. The van der Waals surface area contributed by atoms with Gasteiger partial charge < -0.3 is 0 Å². The summed E-state index contributed by atoms with van der Waals surface area (Å²) in [7, 11) is 0. The quantitative estimate of drug-likeness (QED) is 0.122. The van der Waals surface area contributed by atoms with E-state index in [1.54, 1.807) is 39.2 Å². The van der Waals surface area contributed by atoms with Crippen LogP contribution in [0, 0.1) is 10.1 Å². The third-order valence-electron chi connectivity index (χ3n) is 6.15. The van der Waals surface area contributed by atoms with Crippen molar-refractivity contribution < 1.29 is 4.92 Å². The van der Waals surface area contributed by atoms with E-state index >= 15 is 0 Å². The molecule has 0 spiro atoms. The average Bonchev–Trinajstić information content (AvgIpc) is 3.23. The summed E-state index contributed by atoms with van der Waals surface area (Å²) in [5.74, 6) is 0. The molecule has 3 rings (SSSR count). The molecule has 170 valence electrons. The van der Waals surface area contributed by atoms with Crippen molar-refractivity contribution in [1.29, 1.82) is 0 Å². The summed E-state index contributed by atoms with van der Waals surface area (Å²) in [5.41, 5.74) is 2.10. The molecule has 32 heavy (non-hydrogen) atoms. The maximum atomic E-state index is 10.9. The number of aromatic nitrogens is 1.